The Hall–Kier alpha value is -0.550. The van der Waals surface area contributed by atoms with Crippen molar-refractivity contribution >= 4 is 0 Å². The smallest absolute Gasteiger partial charge is 0.246 e. The summed E-state index contributed by atoms with van der Waals surface area (Å²) in [5, 5.41) is 0. The molecule has 0 bridgehead atoms. The van der Waals surface area contributed by atoms with E-state index in [-0.39, 0.29) is 6.04 Å². The summed E-state index contributed by atoms with van der Waals surface area (Å²) in [6, 6.07) is 0.0694. The van der Waals surface area contributed by atoms with Gasteiger partial charge in [0.1, 0.15) is 6.61 Å². The summed E-state index contributed by atoms with van der Waals surface area (Å²) >= 11 is 0. The summed E-state index contributed by atoms with van der Waals surface area (Å²) in [6.45, 7) is 9.17. The first-order valence-corrected chi connectivity index (χ1v) is 2.70. The fourth-order valence-electron chi connectivity index (χ4n) is 0.439. The molecule has 0 aliphatic heterocycles. The molecular formula is C6H11NO. The van der Waals surface area contributed by atoms with Gasteiger partial charge in [-0.25, -0.2) is 6.57 Å². The second-order valence-electron chi connectivity index (χ2n) is 1.65. The maximum absolute atomic E-state index is 6.61. The Morgan fingerprint density at radius 1 is 1.75 bits per heavy atom. The van der Waals surface area contributed by atoms with E-state index in [4.69, 9.17) is 11.3 Å². The van der Waals surface area contributed by atoms with Crippen molar-refractivity contribution in [1.82, 2.24) is 0 Å². The van der Waals surface area contributed by atoms with Gasteiger partial charge in [-0.3, -0.25) is 0 Å². The highest BCUT2D eigenvalue weighted by Gasteiger charge is 2.05. The molecule has 0 aromatic heterocycles. The molecule has 2 heteroatoms. The molecule has 0 radical (unpaired) electrons. The molecule has 8 heavy (non-hydrogen) atoms. The Balaban J connectivity index is 3.26. The van der Waals surface area contributed by atoms with Crippen LogP contribution in [-0.2, 0) is 4.74 Å². The third-order valence-corrected chi connectivity index (χ3v) is 1.01. The molecule has 0 aromatic carbocycles. The molecule has 0 amide bonds. The molecule has 0 N–H and O–H groups in total. The predicted molar refractivity (Wildman–Crippen MR) is 32.6 cm³/mol. The van der Waals surface area contributed by atoms with E-state index >= 15 is 0 Å². The third-order valence-electron chi connectivity index (χ3n) is 1.01. The van der Waals surface area contributed by atoms with Gasteiger partial charge in [0.25, 0.3) is 0 Å². The molecule has 0 aliphatic rings. The van der Waals surface area contributed by atoms with Crippen LogP contribution in [0, 0.1) is 6.57 Å². The van der Waals surface area contributed by atoms with Gasteiger partial charge in [-0.15, -0.1) is 0 Å². The summed E-state index contributed by atoms with van der Waals surface area (Å²) in [7, 11) is 1.62. The lowest BCUT2D eigenvalue weighted by atomic mass is 10.3. The molecule has 0 spiro atoms. The van der Waals surface area contributed by atoms with Crippen LogP contribution >= 0.6 is 0 Å². The zero-order chi connectivity index (χ0) is 6.41. The Bertz CT molecular complexity index is 85.0. The topological polar surface area (TPSA) is 13.6 Å². The van der Waals surface area contributed by atoms with Gasteiger partial charge in [0.2, 0.25) is 6.04 Å². The Labute approximate surface area is 50.3 Å². The van der Waals surface area contributed by atoms with Crippen LogP contribution in [0.4, 0.5) is 0 Å². The van der Waals surface area contributed by atoms with Crippen LogP contribution < -0.4 is 0 Å². The van der Waals surface area contributed by atoms with Crippen molar-refractivity contribution in [1.29, 1.82) is 0 Å². The van der Waals surface area contributed by atoms with Crippen molar-refractivity contribution in [2.24, 2.45) is 0 Å². The minimum atomic E-state index is 0.0694. The number of nitrogens with zero attached hydrogens (tertiary/aromatic N) is 1. The molecule has 0 heterocycles. The van der Waals surface area contributed by atoms with E-state index < -0.39 is 0 Å². The average molecular weight is 113 g/mol. The van der Waals surface area contributed by atoms with E-state index in [0.717, 1.165) is 6.42 Å². The van der Waals surface area contributed by atoms with E-state index in [1.807, 2.05) is 6.92 Å². The standard InChI is InChI=1S/C6H11NO/c1-4-6(7-2)5-8-3/h6H,4-5H2,1,3H3. The lowest BCUT2D eigenvalue weighted by molar-refractivity contribution is 0.188. The average Bonchev–Trinajstić information content (AvgIpc) is 1.83. The minimum absolute atomic E-state index is 0.0694. The molecule has 46 valence electrons. The van der Waals surface area contributed by atoms with Crippen LogP contribution in [0.25, 0.3) is 4.85 Å². The third kappa shape index (κ3) is 2.59. The number of ether oxygens (including phenoxy) is 1. The highest BCUT2D eigenvalue weighted by atomic mass is 16.5. The fraction of sp³-hybridized carbons (Fsp3) is 0.833. The van der Waals surface area contributed by atoms with E-state index in [0.29, 0.717) is 6.61 Å². The van der Waals surface area contributed by atoms with Crippen molar-refractivity contribution in [3.8, 4) is 0 Å². The van der Waals surface area contributed by atoms with Crippen molar-refractivity contribution in [3.63, 3.8) is 0 Å². The van der Waals surface area contributed by atoms with Gasteiger partial charge in [-0.05, 0) is 0 Å². The Kier molecular flexibility index (Phi) is 4.29. The summed E-state index contributed by atoms with van der Waals surface area (Å²) in [5.74, 6) is 0. The maximum Gasteiger partial charge on any atom is 0.246 e. The van der Waals surface area contributed by atoms with Gasteiger partial charge in [0.05, 0.1) is 0 Å². The Morgan fingerprint density at radius 3 is 2.50 bits per heavy atom. The molecule has 0 rings (SSSR count). The monoisotopic (exact) mass is 113 g/mol. The van der Waals surface area contributed by atoms with Crippen molar-refractivity contribution in [3.05, 3.63) is 11.4 Å². The molecule has 0 aromatic rings. The first-order chi connectivity index (χ1) is 3.85. The van der Waals surface area contributed by atoms with Crippen LogP contribution in [-0.4, -0.2) is 19.8 Å². The molecule has 2 nitrogen and oxygen atoms in total. The van der Waals surface area contributed by atoms with Crippen LogP contribution in [0.2, 0.25) is 0 Å². The lowest BCUT2D eigenvalue weighted by Gasteiger charge is -1.97. The zero-order valence-corrected chi connectivity index (χ0v) is 5.35. The number of hydrogen-bond acceptors (Lipinski definition) is 1. The van der Waals surface area contributed by atoms with E-state index in [1.54, 1.807) is 7.11 Å². The quantitative estimate of drug-likeness (QED) is 0.503. The summed E-state index contributed by atoms with van der Waals surface area (Å²) in [4.78, 5) is 3.32. The second-order valence-corrected chi connectivity index (χ2v) is 1.65. The van der Waals surface area contributed by atoms with Gasteiger partial charge in [-0.2, -0.15) is 0 Å². The lowest BCUT2D eigenvalue weighted by Crippen LogP contribution is -2.07. The summed E-state index contributed by atoms with van der Waals surface area (Å²) in [5.41, 5.74) is 0. The zero-order valence-electron chi connectivity index (χ0n) is 5.35. The van der Waals surface area contributed by atoms with Crippen LogP contribution in [0.15, 0.2) is 0 Å². The SMILES string of the molecule is [C-]#[N+]C(CC)COC. The van der Waals surface area contributed by atoms with Crippen molar-refractivity contribution < 1.29 is 4.74 Å². The molecule has 1 atom stereocenters. The van der Waals surface area contributed by atoms with Gasteiger partial charge < -0.3 is 9.58 Å². The molecular weight excluding hydrogens is 102 g/mol. The van der Waals surface area contributed by atoms with Crippen molar-refractivity contribution in [2.75, 3.05) is 13.7 Å². The molecule has 0 fully saturated rings. The first-order valence-electron chi connectivity index (χ1n) is 2.70. The minimum Gasteiger partial charge on any atom is -0.377 e. The number of rotatable bonds is 3. The van der Waals surface area contributed by atoms with Gasteiger partial charge in [0.15, 0.2) is 0 Å². The summed E-state index contributed by atoms with van der Waals surface area (Å²) in [6.07, 6.45) is 0.886. The van der Waals surface area contributed by atoms with Crippen LogP contribution in [0.1, 0.15) is 13.3 Å². The molecule has 0 saturated carbocycles. The van der Waals surface area contributed by atoms with Gasteiger partial charge in [-0.1, -0.05) is 6.92 Å². The summed E-state index contributed by atoms with van der Waals surface area (Å²) < 4.78 is 4.77. The van der Waals surface area contributed by atoms with Crippen LogP contribution in [0.5, 0.6) is 0 Å². The molecule has 1 unspecified atom stereocenters. The maximum atomic E-state index is 6.61. The fourth-order valence-corrected chi connectivity index (χ4v) is 0.439. The van der Waals surface area contributed by atoms with Crippen LogP contribution in [0.3, 0.4) is 0 Å². The Morgan fingerprint density at radius 2 is 2.38 bits per heavy atom. The van der Waals surface area contributed by atoms with Gasteiger partial charge >= 0.3 is 0 Å². The predicted octanol–water partition coefficient (Wildman–Crippen LogP) is 1.33. The number of hydrogen-bond donors (Lipinski definition) is 0. The van der Waals surface area contributed by atoms with E-state index in [9.17, 15) is 0 Å². The van der Waals surface area contributed by atoms with E-state index in [2.05, 4.69) is 4.85 Å². The highest BCUT2D eigenvalue weighted by molar-refractivity contribution is 4.75. The molecule has 0 saturated heterocycles. The van der Waals surface area contributed by atoms with E-state index in [1.165, 1.54) is 0 Å². The molecule has 0 aliphatic carbocycles. The van der Waals surface area contributed by atoms with Gasteiger partial charge in [0, 0.05) is 13.5 Å². The number of methoxy groups -OCH3 is 1. The highest BCUT2D eigenvalue weighted by Crippen LogP contribution is 1.95. The van der Waals surface area contributed by atoms with Crippen molar-refractivity contribution in [2.45, 2.75) is 19.4 Å². The normalized spacial score (nSPS) is 12.6. The first kappa shape index (κ1) is 7.45. The second kappa shape index (κ2) is 4.61. The largest absolute Gasteiger partial charge is 0.377 e.